The van der Waals surface area contributed by atoms with Crippen molar-refractivity contribution in [3.63, 3.8) is 0 Å². The van der Waals surface area contributed by atoms with Gasteiger partial charge < -0.3 is 10.1 Å². The van der Waals surface area contributed by atoms with Gasteiger partial charge in [-0.1, -0.05) is 6.92 Å². The Morgan fingerprint density at radius 1 is 1.53 bits per heavy atom. The molecule has 15 heavy (non-hydrogen) atoms. The second kappa shape index (κ2) is 4.95. The molecule has 0 amide bonds. The Bertz CT molecular complexity index is 322. The second-order valence-corrected chi connectivity index (χ2v) is 6.98. The molecule has 0 radical (unpaired) electrons. The van der Waals surface area contributed by atoms with Crippen molar-refractivity contribution < 1.29 is 4.74 Å². The average molecular weight is 290 g/mol. The fraction of sp³-hybridized carbons (Fsp3) is 0.636. The molecule has 1 aliphatic heterocycles. The van der Waals surface area contributed by atoms with Crippen molar-refractivity contribution in [1.82, 2.24) is 5.32 Å². The Hall–Kier alpha value is 0.1000. The lowest BCUT2D eigenvalue weighted by molar-refractivity contribution is -0.0988. The van der Waals surface area contributed by atoms with E-state index in [0.29, 0.717) is 5.41 Å². The van der Waals surface area contributed by atoms with Crippen molar-refractivity contribution in [2.24, 2.45) is 5.41 Å². The first-order valence-corrected chi connectivity index (χ1v) is 6.82. The van der Waals surface area contributed by atoms with Crippen LogP contribution in [-0.2, 0) is 11.2 Å². The zero-order valence-corrected chi connectivity index (χ0v) is 11.3. The maximum absolute atomic E-state index is 5.21. The number of hydrogen-bond acceptors (Lipinski definition) is 3. The van der Waals surface area contributed by atoms with Crippen LogP contribution in [0.15, 0.2) is 15.9 Å². The lowest BCUT2D eigenvalue weighted by Crippen LogP contribution is -2.47. The molecule has 0 aromatic carbocycles. The molecule has 1 aromatic rings. The first-order chi connectivity index (χ1) is 7.18. The molecule has 2 rings (SSSR count). The number of halogens is 1. The van der Waals surface area contributed by atoms with Gasteiger partial charge in [0.05, 0.1) is 17.0 Å². The molecule has 4 heteroatoms. The Balaban J connectivity index is 1.63. The monoisotopic (exact) mass is 289 g/mol. The molecule has 1 saturated heterocycles. The molecule has 0 spiro atoms. The maximum Gasteiger partial charge on any atom is 0.0701 e. The fourth-order valence-electron chi connectivity index (χ4n) is 1.64. The van der Waals surface area contributed by atoms with E-state index in [2.05, 4.69) is 40.3 Å². The molecule has 2 nitrogen and oxygen atoms in total. The van der Waals surface area contributed by atoms with Crippen LogP contribution in [0.25, 0.3) is 0 Å². The van der Waals surface area contributed by atoms with E-state index in [0.717, 1.165) is 32.7 Å². The minimum Gasteiger partial charge on any atom is -0.380 e. The first kappa shape index (κ1) is 11.6. The summed E-state index contributed by atoms with van der Waals surface area (Å²) in [4.78, 5) is 1.43. The smallest absolute Gasteiger partial charge is 0.0701 e. The highest BCUT2D eigenvalue weighted by Gasteiger charge is 2.32. The van der Waals surface area contributed by atoms with Crippen LogP contribution in [0.4, 0.5) is 0 Å². The van der Waals surface area contributed by atoms with Crippen molar-refractivity contribution in [2.45, 2.75) is 13.3 Å². The Morgan fingerprint density at radius 3 is 2.87 bits per heavy atom. The van der Waals surface area contributed by atoms with E-state index in [9.17, 15) is 0 Å². The van der Waals surface area contributed by atoms with E-state index < -0.39 is 0 Å². The van der Waals surface area contributed by atoms with Gasteiger partial charge in [-0.3, -0.25) is 0 Å². The minimum absolute atomic E-state index is 0.385. The van der Waals surface area contributed by atoms with Crippen LogP contribution in [0.2, 0.25) is 0 Å². The van der Waals surface area contributed by atoms with Crippen LogP contribution < -0.4 is 5.32 Å². The summed E-state index contributed by atoms with van der Waals surface area (Å²) in [6.07, 6.45) is 1.12. The van der Waals surface area contributed by atoms with Crippen molar-refractivity contribution >= 4 is 27.3 Å². The van der Waals surface area contributed by atoms with Gasteiger partial charge in [-0.15, -0.1) is 11.3 Å². The SMILES string of the molecule is CC1(CNCCc2ccc(Br)s2)COC1. The summed E-state index contributed by atoms with van der Waals surface area (Å²) in [5.41, 5.74) is 0.385. The topological polar surface area (TPSA) is 21.3 Å². The quantitative estimate of drug-likeness (QED) is 0.842. The minimum atomic E-state index is 0.385. The second-order valence-electron chi connectivity index (χ2n) is 4.44. The van der Waals surface area contributed by atoms with Gasteiger partial charge in [0.1, 0.15) is 0 Å². The molecule has 1 fully saturated rings. The van der Waals surface area contributed by atoms with Gasteiger partial charge in [-0.05, 0) is 41.0 Å². The van der Waals surface area contributed by atoms with E-state index >= 15 is 0 Å². The van der Waals surface area contributed by atoms with Crippen molar-refractivity contribution in [3.8, 4) is 0 Å². The molecule has 0 aliphatic carbocycles. The zero-order valence-electron chi connectivity index (χ0n) is 8.88. The van der Waals surface area contributed by atoms with Crippen LogP contribution in [-0.4, -0.2) is 26.3 Å². The summed E-state index contributed by atoms with van der Waals surface area (Å²) >= 11 is 5.29. The van der Waals surface area contributed by atoms with Crippen LogP contribution in [0, 0.1) is 5.41 Å². The summed E-state index contributed by atoms with van der Waals surface area (Å²) < 4.78 is 6.43. The number of nitrogens with one attached hydrogen (secondary N) is 1. The van der Waals surface area contributed by atoms with Crippen molar-refractivity contribution in [2.75, 3.05) is 26.3 Å². The molecule has 1 aliphatic rings. The predicted octanol–water partition coefficient (Wildman–Crippen LogP) is 2.68. The highest BCUT2D eigenvalue weighted by Crippen LogP contribution is 2.25. The molecule has 0 unspecified atom stereocenters. The van der Waals surface area contributed by atoms with E-state index in [4.69, 9.17) is 4.74 Å². The van der Waals surface area contributed by atoms with Gasteiger partial charge in [0.15, 0.2) is 0 Å². The average Bonchev–Trinajstić information content (AvgIpc) is 2.56. The molecule has 1 N–H and O–H groups in total. The van der Waals surface area contributed by atoms with E-state index in [1.54, 1.807) is 0 Å². The fourth-order valence-corrected chi connectivity index (χ4v) is 3.12. The van der Waals surface area contributed by atoms with Gasteiger partial charge in [0.2, 0.25) is 0 Å². The summed E-state index contributed by atoms with van der Waals surface area (Å²) in [6, 6.07) is 4.30. The van der Waals surface area contributed by atoms with Crippen molar-refractivity contribution in [1.29, 1.82) is 0 Å². The van der Waals surface area contributed by atoms with Gasteiger partial charge in [-0.25, -0.2) is 0 Å². The number of ether oxygens (including phenoxy) is 1. The molecule has 0 saturated carbocycles. The van der Waals surface area contributed by atoms with E-state index in [1.807, 2.05) is 11.3 Å². The molecular formula is C11H16BrNOS. The van der Waals surface area contributed by atoms with Gasteiger partial charge in [0, 0.05) is 16.8 Å². The normalized spacial score (nSPS) is 18.8. The van der Waals surface area contributed by atoms with Crippen LogP contribution >= 0.6 is 27.3 Å². The van der Waals surface area contributed by atoms with E-state index in [-0.39, 0.29) is 0 Å². The number of rotatable bonds is 5. The largest absolute Gasteiger partial charge is 0.380 e. The number of thiophene rings is 1. The first-order valence-electron chi connectivity index (χ1n) is 5.21. The predicted molar refractivity (Wildman–Crippen MR) is 67.5 cm³/mol. The zero-order chi connectivity index (χ0) is 10.7. The molecule has 1 aromatic heterocycles. The third-order valence-corrected chi connectivity index (χ3v) is 4.31. The molecule has 2 heterocycles. The van der Waals surface area contributed by atoms with Gasteiger partial charge in [-0.2, -0.15) is 0 Å². The number of hydrogen-bond donors (Lipinski definition) is 1. The van der Waals surface area contributed by atoms with Crippen LogP contribution in [0.1, 0.15) is 11.8 Å². The highest BCUT2D eigenvalue weighted by molar-refractivity contribution is 9.11. The Kier molecular flexibility index (Phi) is 3.83. The Labute approximate surface area is 103 Å². The summed E-state index contributed by atoms with van der Waals surface area (Å²) in [7, 11) is 0. The summed E-state index contributed by atoms with van der Waals surface area (Å²) in [5.74, 6) is 0. The molecular weight excluding hydrogens is 274 g/mol. The van der Waals surface area contributed by atoms with Crippen LogP contribution in [0.5, 0.6) is 0 Å². The van der Waals surface area contributed by atoms with E-state index in [1.165, 1.54) is 8.66 Å². The standard InChI is InChI=1S/C11H16BrNOS/c1-11(7-14-8-11)6-13-5-4-9-2-3-10(12)15-9/h2-3,13H,4-8H2,1H3. The molecule has 0 bridgehead atoms. The third kappa shape index (κ3) is 3.28. The third-order valence-electron chi connectivity index (χ3n) is 2.63. The molecule has 0 atom stereocenters. The molecule has 84 valence electrons. The Morgan fingerprint density at radius 2 is 2.33 bits per heavy atom. The lowest BCUT2D eigenvalue weighted by Gasteiger charge is -2.38. The highest BCUT2D eigenvalue weighted by atomic mass is 79.9. The van der Waals surface area contributed by atoms with Gasteiger partial charge in [0.25, 0.3) is 0 Å². The van der Waals surface area contributed by atoms with Gasteiger partial charge >= 0.3 is 0 Å². The summed E-state index contributed by atoms with van der Waals surface area (Å²) in [6.45, 7) is 6.21. The summed E-state index contributed by atoms with van der Waals surface area (Å²) in [5, 5.41) is 3.50. The van der Waals surface area contributed by atoms with Crippen molar-refractivity contribution in [3.05, 3.63) is 20.8 Å². The van der Waals surface area contributed by atoms with Crippen LogP contribution in [0.3, 0.4) is 0 Å². The maximum atomic E-state index is 5.21. The lowest BCUT2D eigenvalue weighted by atomic mass is 9.89.